The number of hydrogen-bond donors (Lipinski definition) is 3. The fourth-order valence-corrected chi connectivity index (χ4v) is 10.2. The summed E-state index contributed by atoms with van der Waals surface area (Å²) in [6.07, 6.45) is 7.44. The van der Waals surface area contributed by atoms with Crippen LogP contribution in [-0.4, -0.2) is 90.0 Å². The van der Waals surface area contributed by atoms with Crippen molar-refractivity contribution in [2.45, 2.75) is 94.4 Å². The molecule has 2 atom stereocenters. The number of halogens is 3. The van der Waals surface area contributed by atoms with Gasteiger partial charge in [0.2, 0.25) is 11.8 Å². The summed E-state index contributed by atoms with van der Waals surface area (Å²) >= 11 is 0. The molecule has 328 valence electrons. The molecule has 62 heavy (non-hydrogen) atoms. The number of ether oxygens (including phenoxy) is 2. The molecule has 2 unspecified atom stereocenters. The van der Waals surface area contributed by atoms with Crippen molar-refractivity contribution in [2.24, 2.45) is 0 Å². The molecule has 4 aliphatic rings. The van der Waals surface area contributed by atoms with Crippen LogP contribution in [0.3, 0.4) is 0 Å². The van der Waals surface area contributed by atoms with E-state index in [0.29, 0.717) is 30.1 Å². The number of nitriles is 1. The second kappa shape index (κ2) is 17.3. The topological polar surface area (TPSA) is 188 Å². The normalized spacial score (nSPS) is 23.0. The molecular weight excluding hydrogens is 830 g/mol. The van der Waals surface area contributed by atoms with Gasteiger partial charge >= 0.3 is 10.2 Å². The first-order chi connectivity index (χ1) is 29.7. The van der Waals surface area contributed by atoms with E-state index in [1.165, 1.54) is 30.1 Å². The number of carbonyl (C=O) groups is 2. The Labute approximate surface area is 356 Å². The van der Waals surface area contributed by atoms with Gasteiger partial charge in [-0.15, -0.1) is 0 Å². The summed E-state index contributed by atoms with van der Waals surface area (Å²) in [6.45, 7) is 3.52. The highest BCUT2D eigenvalue weighted by Crippen LogP contribution is 2.43. The summed E-state index contributed by atoms with van der Waals surface area (Å²) in [5.74, 6) is -4.40. The van der Waals surface area contributed by atoms with Gasteiger partial charge in [0.15, 0.2) is 23.1 Å². The molecule has 3 aliphatic heterocycles. The van der Waals surface area contributed by atoms with Crippen molar-refractivity contribution in [3.05, 3.63) is 87.7 Å². The molecule has 1 spiro atoms. The molecule has 15 nitrogen and oxygen atoms in total. The molecule has 0 radical (unpaired) electrons. The van der Waals surface area contributed by atoms with Crippen LogP contribution in [0.25, 0.3) is 10.9 Å². The van der Waals surface area contributed by atoms with E-state index in [2.05, 4.69) is 25.2 Å². The number of nitrogens with one attached hydrogen (secondary N) is 3. The van der Waals surface area contributed by atoms with Crippen molar-refractivity contribution in [3.63, 3.8) is 0 Å². The minimum absolute atomic E-state index is 0.0411. The lowest BCUT2D eigenvalue weighted by atomic mass is 9.79. The Morgan fingerprint density at radius 1 is 1.02 bits per heavy atom. The van der Waals surface area contributed by atoms with Crippen molar-refractivity contribution in [3.8, 4) is 17.6 Å². The molecule has 4 heterocycles. The van der Waals surface area contributed by atoms with Crippen molar-refractivity contribution in [1.29, 1.82) is 5.26 Å². The average molecular weight is 877 g/mol. The molecule has 0 bridgehead atoms. The predicted octanol–water partition coefficient (Wildman–Crippen LogP) is 5.83. The van der Waals surface area contributed by atoms with Gasteiger partial charge in [-0.25, -0.2) is 18.2 Å². The summed E-state index contributed by atoms with van der Waals surface area (Å²) < 4.78 is 88.6. The predicted molar refractivity (Wildman–Crippen MR) is 222 cm³/mol. The molecule has 3 saturated heterocycles. The van der Waals surface area contributed by atoms with E-state index in [0.717, 1.165) is 74.1 Å². The SMILES string of the molecule is CCN(C)S(=O)(=O)Nc1ccc(F)c(Oc2ccc3ncn(C4COC5(CCN(C6CCC(c7ccc(NC8CCC(=O)NC8=O)cc7F)CC6)CC5)C4)c(=O)c3c2F)c1C#N. The first-order valence-corrected chi connectivity index (χ1v) is 22.2. The number of anilines is 2. The van der Waals surface area contributed by atoms with Crippen molar-refractivity contribution in [2.75, 3.05) is 43.3 Å². The van der Waals surface area contributed by atoms with Gasteiger partial charge < -0.3 is 19.7 Å². The summed E-state index contributed by atoms with van der Waals surface area (Å²) in [7, 11) is -2.78. The fraction of sp³-hybridized carbons (Fsp3) is 0.465. The minimum atomic E-state index is -4.10. The molecule has 1 saturated carbocycles. The zero-order valence-electron chi connectivity index (χ0n) is 34.3. The Kier molecular flexibility index (Phi) is 12.0. The Hall–Kier alpha value is -5.55. The van der Waals surface area contributed by atoms with Gasteiger partial charge in [0.1, 0.15) is 28.9 Å². The van der Waals surface area contributed by atoms with Gasteiger partial charge in [-0.1, -0.05) is 13.0 Å². The molecular formula is C43H47F3N8O7S. The van der Waals surface area contributed by atoms with E-state index in [9.17, 15) is 28.1 Å². The summed E-state index contributed by atoms with van der Waals surface area (Å²) in [4.78, 5) is 44.4. The highest BCUT2D eigenvalue weighted by atomic mass is 32.2. The van der Waals surface area contributed by atoms with Crippen LogP contribution in [0.1, 0.15) is 87.8 Å². The second-order valence-electron chi connectivity index (χ2n) is 16.5. The van der Waals surface area contributed by atoms with E-state index in [1.54, 1.807) is 25.1 Å². The van der Waals surface area contributed by atoms with Crippen molar-refractivity contribution < 1.29 is 40.7 Å². The summed E-state index contributed by atoms with van der Waals surface area (Å²) in [5, 5.41) is 14.8. The molecule has 4 fully saturated rings. The maximum absolute atomic E-state index is 16.2. The lowest BCUT2D eigenvalue weighted by Crippen LogP contribution is -2.49. The third kappa shape index (κ3) is 8.48. The number of benzene rings is 3. The Morgan fingerprint density at radius 3 is 2.47 bits per heavy atom. The zero-order valence-corrected chi connectivity index (χ0v) is 35.1. The Balaban J connectivity index is 0.894. The van der Waals surface area contributed by atoms with Crippen LogP contribution in [0.4, 0.5) is 24.5 Å². The van der Waals surface area contributed by atoms with Gasteiger partial charge in [0.05, 0.1) is 35.8 Å². The number of imide groups is 1. The molecule has 4 aromatic rings. The van der Waals surface area contributed by atoms with Crippen LogP contribution in [0.15, 0.2) is 53.6 Å². The molecule has 8 rings (SSSR count). The van der Waals surface area contributed by atoms with Crippen LogP contribution in [0, 0.1) is 28.8 Å². The summed E-state index contributed by atoms with van der Waals surface area (Å²) in [6, 6.07) is 10.5. The van der Waals surface area contributed by atoms with E-state index >= 15 is 13.2 Å². The van der Waals surface area contributed by atoms with E-state index in [1.807, 2.05) is 0 Å². The number of carbonyl (C=O) groups excluding carboxylic acids is 2. The largest absolute Gasteiger partial charge is 0.450 e. The van der Waals surface area contributed by atoms with Gasteiger partial charge in [-0.05, 0) is 99.2 Å². The maximum atomic E-state index is 16.2. The third-order valence-electron chi connectivity index (χ3n) is 12.9. The first-order valence-electron chi connectivity index (χ1n) is 20.8. The van der Waals surface area contributed by atoms with Crippen molar-refractivity contribution in [1.82, 2.24) is 24.1 Å². The van der Waals surface area contributed by atoms with Gasteiger partial charge in [-0.3, -0.25) is 29.0 Å². The van der Waals surface area contributed by atoms with E-state index in [-0.39, 0.29) is 48.4 Å². The molecule has 2 amide bonds. The van der Waals surface area contributed by atoms with Crippen LogP contribution in [0.2, 0.25) is 0 Å². The van der Waals surface area contributed by atoms with E-state index in [4.69, 9.17) is 9.47 Å². The molecule has 3 N–H and O–H groups in total. The maximum Gasteiger partial charge on any atom is 0.301 e. The van der Waals surface area contributed by atoms with Gasteiger partial charge in [0.25, 0.3) is 5.56 Å². The molecule has 3 aromatic carbocycles. The number of fused-ring (bicyclic) bond motifs is 1. The highest BCUT2D eigenvalue weighted by molar-refractivity contribution is 7.90. The zero-order chi connectivity index (χ0) is 43.9. The van der Waals surface area contributed by atoms with Gasteiger partial charge in [-0.2, -0.15) is 18.0 Å². The minimum Gasteiger partial charge on any atom is -0.450 e. The number of rotatable bonds is 11. The van der Waals surface area contributed by atoms with Gasteiger partial charge in [0, 0.05) is 44.8 Å². The lowest BCUT2D eigenvalue weighted by molar-refractivity contribution is -0.133. The van der Waals surface area contributed by atoms with Crippen LogP contribution in [-0.2, 0) is 24.5 Å². The molecule has 1 aromatic heterocycles. The Morgan fingerprint density at radius 2 is 1.77 bits per heavy atom. The van der Waals surface area contributed by atoms with Crippen LogP contribution >= 0.6 is 0 Å². The number of hydrogen-bond acceptors (Lipinski definition) is 11. The first kappa shape index (κ1) is 43.1. The van der Waals surface area contributed by atoms with Crippen molar-refractivity contribution >= 4 is 44.3 Å². The number of nitrogens with zero attached hydrogens (tertiary/aromatic N) is 5. The van der Waals surface area contributed by atoms with Crippen LogP contribution < -0.4 is 25.7 Å². The van der Waals surface area contributed by atoms with Crippen LogP contribution in [0.5, 0.6) is 11.5 Å². The van der Waals surface area contributed by atoms with E-state index < -0.39 is 73.4 Å². The molecule has 19 heteroatoms. The number of likely N-dealkylation sites (tertiary alicyclic amines) is 1. The monoisotopic (exact) mass is 876 g/mol. The average Bonchev–Trinajstić information content (AvgIpc) is 3.66. The standard InChI is InChI=1S/C43H47F3N8O7S/c1-3-52(2)62(58,59)51-33-11-10-31(44)40(30(33)22-47)61-36-14-12-34-38(39(36)46)42(57)54(24-48-34)28-21-43(60-23-28)16-18-53(19-17-43)27-7-4-25(5-8-27)29-9-6-26(20-32(29)45)49-35-13-15-37(55)50-41(35)56/h6,9-12,14,20,24-25,27-28,35,49,51H,3-5,7-8,13,15-19,21,23H2,1-2H3,(H,50,55,56). The fourth-order valence-electron chi connectivity index (χ4n) is 9.23. The number of amides is 2. The molecule has 1 aliphatic carbocycles. The highest BCUT2D eigenvalue weighted by Gasteiger charge is 2.45. The number of aromatic nitrogens is 2. The second-order valence-corrected chi connectivity index (χ2v) is 18.3. The smallest absolute Gasteiger partial charge is 0.301 e. The lowest BCUT2D eigenvalue weighted by Gasteiger charge is -2.44. The Bertz CT molecular complexity index is 2620. The quantitative estimate of drug-likeness (QED) is 0.154. The summed E-state index contributed by atoms with van der Waals surface area (Å²) in [5.41, 5.74) is -0.750. The third-order valence-corrected chi connectivity index (χ3v) is 14.5. The number of piperidine rings is 2.